The van der Waals surface area contributed by atoms with Crippen molar-refractivity contribution >= 4 is 11.6 Å². The fraction of sp³-hybridized carbons (Fsp3) is 0.650. The first-order chi connectivity index (χ1) is 11.6. The molecule has 1 N–H and O–H groups in total. The molecule has 0 unspecified atom stereocenters. The van der Waals surface area contributed by atoms with Gasteiger partial charge in [-0.3, -0.25) is 4.79 Å². The van der Waals surface area contributed by atoms with Gasteiger partial charge in [0.25, 0.3) is 0 Å². The van der Waals surface area contributed by atoms with Crippen molar-refractivity contribution in [3.63, 3.8) is 0 Å². The highest BCUT2D eigenvalue weighted by Gasteiger charge is 2.51. The van der Waals surface area contributed by atoms with Crippen LogP contribution in [0.3, 0.4) is 0 Å². The van der Waals surface area contributed by atoms with Gasteiger partial charge in [-0.1, -0.05) is 12.1 Å². The summed E-state index contributed by atoms with van der Waals surface area (Å²) >= 11 is 0. The summed E-state index contributed by atoms with van der Waals surface area (Å²) in [6, 6.07) is 8.58. The molecule has 130 valence electrons. The van der Waals surface area contributed by atoms with Crippen LogP contribution in [0.2, 0.25) is 0 Å². The van der Waals surface area contributed by atoms with Crippen LogP contribution in [0.1, 0.15) is 56.4 Å². The molecule has 4 rings (SSSR count). The summed E-state index contributed by atoms with van der Waals surface area (Å²) in [5.74, 6) is 0.998. The van der Waals surface area contributed by atoms with E-state index in [1.165, 1.54) is 18.4 Å². The van der Waals surface area contributed by atoms with Gasteiger partial charge in [-0.15, -0.1) is 0 Å². The molecule has 1 aliphatic heterocycles. The SMILES string of the molecule is COC[C@]1(O)CC[C@]2(CCN(c3ccc(C4CC4)cc3)C2=O)CC1. The first-order valence-corrected chi connectivity index (χ1v) is 9.19. The van der Waals surface area contributed by atoms with Crippen LogP contribution in [0.25, 0.3) is 0 Å². The lowest BCUT2D eigenvalue weighted by molar-refractivity contribution is -0.133. The molecule has 3 fully saturated rings. The van der Waals surface area contributed by atoms with Crippen molar-refractivity contribution in [1.29, 1.82) is 0 Å². The molecule has 24 heavy (non-hydrogen) atoms. The van der Waals surface area contributed by atoms with E-state index in [0.29, 0.717) is 19.4 Å². The molecule has 3 aliphatic rings. The first-order valence-electron chi connectivity index (χ1n) is 9.19. The molecule has 0 bridgehead atoms. The zero-order chi connectivity index (χ0) is 16.8. The number of aliphatic hydroxyl groups is 1. The Bertz CT molecular complexity index is 612. The summed E-state index contributed by atoms with van der Waals surface area (Å²) in [6.45, 7) is 1.16. The number of nitrogens with zero attached hydrogens (tertiary/aromatic N) is 1. The Hall–Kier alpha value is -1.39. The van der Waals surface area contributed by atoms with Gasteiger partial charge in [0.05, 0.1) is 17.6 Å². The molecule has 1 aromatic rings. The van der Waals surface area contributed by atoms with Crippen LogP contribution in [0.4, 0.5) is 5.69 Å². The van der Waals surface area contributed by atoms with Crippen LogP contribution >= 0.6 is 0 Å². The smallest absolute Gasteiger partial charge is 0.233 e. The summed E-state index contributed by atoms with van der Waals surface area (Å²) in [5, 5.41) is 10.5. The zero-order valence-corrected chi connectivity index (χ0v) is 14.5. The Morgan fingerprint density at radius 2 is 1.79 bits per heavy atom. The lowest BCUT2D eigenvalue weighted by atomic mass is 9.68. The van der Waals surface area contributed by atoms with Crippen LogP contribution in [-0.2, 0) is 9.53 Å². The van der Waals surface area contributed by atoms with Crippen molar-refractivity contribution in [1.82, 2.24) is 0 Å². The maximum atomic E-state index is 13.1. The van der Waals surface area contributed by atoms with Crippen molar-refractivity contribution in [3.8, 4) is 0 Å². The maximum Gasteiger partial charge on any atom is 0.233 e. The highest BCUT2D eigenvalue weighted by Crippen LogP contribution is 2.49. The van der Waals surface area contributed by atoms with E-state index in [-0.39, 0.29) is 11.3 Å². The van der Waals surface area contributed by atoms with Gasteiger partial charge in [-0.25, -0.2) is 0 Å². The molecule has 0 radical (unpaired) electrons. The summed E-state index contributed by atoms with van der Waals surface area (Å²) < 4.78 is 5.14. The third-order valence-corrected chi connectivity index (χ3v) is 6.32. The number of carbonyl (C=O) groups is 1. The lowest BCUT2D eigenvalue weighted by Gasteiger charge is -2.40. The predicted molar refractivity (Wildman–Crippen MR) is 93.1 cm³/mol. The second-order valence-electron chi connectivity index (χ2n) is 8.01. The van der Waals surface area contributed by atoms with Crippen molar-refractivity contribution in [2.75, 3.05) is 25.2 Å². The van der Waals surface area contributed by atoms with E-state index in [9.17, 15) is 9.90 Å². The van der Waals surface area contributed by atoms with E-state index < -0.39 is 5.60 Å². The van der Waals surface area contributed by atoms with E-state index in [0.717, 1.165) is 37.4 Å². The monoisotopic (exact) mass is 329 g/mol. The van der Waals surface area contributed by atoms with Crippen LogP contribution in [0.5, 0.6) is 0 Å². The molecule has 4 nitrogen and oxygen atoms in total. The molecule has 1 amide bonds. The molecule has 4 heteroatoms. The molecular weight excluding hydrogens is 302 g/mol. The van der Waals surface area contributed by atoms with Crippen LogP contribution in [-0.4, -0.2) is 36.9 Å². The third kappa shape index (κ3) is 2.76. The van der Waals surface area contributed by atoms with E-state index in [1.54, 1.807) is 7.11 Å². The van der Waals surface area contributed by atoms with Gasteiger partial charge < -0.3 is 14.7 Å². The predicted octanol–water partition coefficient (Wildman–Crippen LogP) is 3.24. The second kappa shape index (κ2) is 5.85. The van der Waals surface area contributed by atoms with Crippen LogP contribution < -0.4 is 4.90 Å². The minimum atomic E-state index is -0.750. The molecule has 1 saturated heterocycles. The van der Waals surface area contributed by atoms with Crippen molar-refractivity contribution in [3.05, 3.63) is 29.8 Å². The third-order valence-electron chi connectivity index (χ3n) is 6.32. The molecule has 2 aliphatic carbocycles. The number of hydrogen-bond acceptors (Lipinski definition) is 3. The van der Waals surface area contributed by atoms with Gasteiger partial charge in [-0.05, 0) is 68.6 Å². The number of anilines is 1. The maximum absolute atomic E-state index is 13.1. The average molecular weight is 329 g/mol. The summed E-state index contributed by atoms with van der Waals surface area (Å²) in [4.78, 5) is 15.1. The molecule has 1 spiro atoms. The van der Waals surface area contributed by atoms with Crippen LogP contribution in [0, 0.1) is 5.41 Å². The number of carbonyl (C=O) groups excluding carboxylic acids is 1. The van der Waals surface area contributed by atoms with Crippen LogP contribution in [0.15, 0.2) is 24.3 Å². The van der Waals surface area contributed by atoms with Gasteiger partial charge in [0, 0.05) is 19.3 Å². The Kier molecular flexibility index (Phi) is 3.92. The van der Waals surface area contributed by atoms with E-state index in [4.69, 9.17) is 4.74 Å². The summed E-state index contributed by atoms with van der Waals surface area (Å²) in [6.07, 6.45) is 6.34. The molecule has 1 aromatic carbocycles. The van der Waals surface area contributed by atoms with Crippen molar-refractivity contribution in [2.45, 2.75) is 56.5 Å². The van der Waals surface area contributed by atoms with Crippen molar-refractivity contribution < 1.29 is 14.6 Å². The molecule has 2 saturated carbocycles. The molecule has 0 atom stereocenters. The largest absolute Gasteiger partial charge is 0.387 e. The topological polar surface area (TPSA) is 49.8 Å². The fourth-order valence-electron chi connectivity index (χ4n) is 4.48. The number of ether oxygens (including phenoxy) is 1. The number of benzene rings is 1. The quantitative estimate of drug-likeness (QED) is 0.922. The van der Waals surface area contributed by atoms with Gasteiger partial charge in [0.1, 0.15) is 0 Å². The Balaban J connectivity index is 1.46. The number of methoxy groups -OCH3 is 1. The normalized spacial score (nSPS) is 33.4. The summed E-state index contributed by atoms with van der Waals surface area (Å²) in [7, 11) is 1.62. The van der Waals surface area contributed by atoms with Gasteiger partial charge >= 0.3 is 0 Å². The fourth-order valence-corrected chi connectivity index (χ4v) is 4.48. The van der Waals surface area contributed by atoms with Gasteiger partial charge in [0.2, 0.25) is 5.91 Å². The Morgan fingerprint density at radius 1 is 1.12 bits per heavy atom. The van der Waals surface area contributed by atoms with Gasteiger partial charge in [0.15, 0.2) is 0 Å². The highest BCUT2D eigenvalue weighted by molar-refractivity contribution is 6.00. The minimum Gasteiger partial charge on any atom is -0.387 e. The highest BCUT2D eigenvalue weighted by atomic mass is 16.5. The first kappa shape index (κ1) is 16.1. The second-order valence-corrected chi connectivity index (χ2v) is 8.01. The van der Waals surface area contributed by atoms with E-state index in [2.05, 4.69) is 24.3 Å². The average Bonchev–Trinajstić information content (AvgIpc) is 3.38. The number of hydrogen-bond donors (Lipinski definition) is 1. The standard InChI is InChI=1S/C20H27NO3/c1-24-14-20(23)10-8-19(9-11-20)12-13-21(18(19)22)17-6-4-16(5-7-17)15-2-3-15/h4-7,15,23H,2-3,8-14H2,1H3/t19-,20+. The lowest BCUT2D eigenvalue weighted by Crippen LogP contribution is -2.45. The summed E-state index contributed by atoms with van der Waals surface area (Å²) in [5.41, 5.74) is 1.41. The van der Waals surface area contributed by atoms with E-state index in [1.807, 2.05) is 4.90 Å². The number of amides is 1. The van der Waals surface area contributed by atoms with Gasteiger partial charge in [-0.2, -0.15) is 0 Å². The molecular formula is C20H27NO3. The van der Waals surface area contributed by atoms with E-state index >= 15 is 0 Å². The molecule has 1 heterocycles. The van der Waals surface area contributed by atoms with Crippen molar-refractivity contribution in [2.24, 2.45) is 5.41 Å². The molecule has 0 aromatic heterocycles. The Labute approximate surface area is 143 Å². The minimum absolute atomic E-state index is 0.251. The zero-order valence-electron chi connectivity index (χ0n) is 14.5. The Morgan fingerprint density at radius 3 is 2.38 bits per heavy atom. The number of rotatable bonds is 4.